The number of nitrogens with zero attached hydrogens (tertiary/aromatic N) is 4. The molecule has 3 aromatic rings. The maximum Gasteiger partial charge on any atom is 0.258 e. The second kappa shape index (κ2) is 6.43. The SMILES string of the molecule is Cc1[nH]nc(-c2ccco2)c1C(=O)N1CCN(c2ccccn2)CC1. The van der Waals surface area contributed by atoms with Crippen LogP contribution in [0, 0.1) is 6.92 Å². The third-order valence-corrected chi connectivity index (χ3v) is 4.46. The van der Waals surface area contributed by atoms with E-state index in [4.69, 9.17) is 4.42 Å². The summed E-state index contributed by atoms with van der Waals surface area (Å²) in [4.78, 5) is 21.5. The smallest absolute Gasteiger partial charge is 0.258 e. The molecule has 4 heterocycles. The summed E-state index contributed by atoms with van der Waals surface area (Å²) in [6, 6.07) is 9.48. The van der Waals surface area contributed by atoms with Gasteiger partial charge in [0.15, 0.2) is 5.76 Å². The average Bonchev–Trinajstić information content (AvgIpc) is 3.31. The van der Waals surface area contributed by atoms with Gasteiger partial charge in [-0.15, -0.1) is 0 Å². The molecular weight excluding hydrogens is 318 g/mol. The molecule has 1 fully saturated rings. The maximum atomic E-state index is 13.0. The highest BCUT2D eigenvalue weighted by Crippen LogP contribution is 2.26. The third-order valence-electron chi connectivity index (χ3n) is 4.46. The second-order valence-electron chi connectivity index (χ2n) is 6.02. The zero-order valence-electron chi connectivity index (χ0n) is 14.0. The molecule has 0 bridgehead atoms. The number of amides is 1. The number of H-pyrrole nitrogens is 1. The number of pyridine rings is 1. The molecule has 128 valence electrons. The van der Waals surface area contributed by atoms with Gasteiger partial charge in [0.05, 0.1) is 11.8 Å². The van der Waals surface area contributed by atoms with Gasteiger partial charge in [-0.1, -0.05) is 6.07 Å². The van der Waals surface area contributed by atoms with E-state index < -0.39 is 0 Å². The van der Waals surface area contributed by atoms with E-state index in [1.54, 1.807) is 18.5 Å². The monoisotopic (exact) mass is 337 g/mol. The number of furan rings is 1. The number of nitrogens with one attached hydrogen (secondary N) is 1. The number of aryl methyl sites for hydroxylation is 1. The second-order valence-corrected chi connectivity index (χ2v) is 6.02. The van der Waals surface area contributed by atoms with Gasteiger partial charge in [0.2, 0.25) is 0 Å². The molecule has 1 aliphatic rings. The molecule has 0 aliphatic carbocycles. The Morgan fingerprint density at radius 1 is 1.16 bits per heavy atom. The van der Waals surface area contributed by atoms with Gasteiger partial charge < -0.3 is 14.2 Å². The number of hydrogen-bond acceptors (Lipinski definition) is 5. The number of rotatable bonds is 3. The van der Waals surface area contributed by atoms with Crippen LogP contribution in [0.3, 0.4) is 0 Å². The fourth-order valence-electron chi connectivity index (χ4n) is 3.12. The predicted molar refractivity (Wildman–Crippen MR) is 93.4 cm³/mol. The van der Waals surface area contributed by atoms with Crippen LogP contribution in [0.25, 0.3) is 11.5 Å². The van der Waals surface area contributed by atoms with Crippen molar-refractivity contribution in [1.82, 2.24) is 20.1 Å². The van der Waals surface area contributed by atoms with Gasteiger partial charge in [0.1, 0.15) is 11.5 Å². The fraction of sp³-hybridized carbons (Fsp3) is 0.278. The number of hydrogen-bond donors (Lipinski definition) is 1. The molecule has 0 radical (unpaired) electrons. The predicted octanol–water partition coefficient (Wildman–Crippen LogP) is 2.34. The highest BCUT2D eigenvalue weighted by molar-refractivity contribution is 6.00. The lowest BCUT2D eigenvalue weighted by molar-refractivity contribution is 0.0746. The molecule has 1 amide bonds. The van der Waals surface area contributed by atoms with Crippen molar-refractivity contribution in [3.63, 3.8) is 0 Å². The van der Waals surface area contributed by atoms with E-state index >= 15 is 0 Å². The summed E-state index contributed by atoms with van der Waals surface area (Å²) < 4.78 is 5.42. The van der Waals surface area contributed by atoms with E-state index in [-0.39, 0.29) is 5.91 Å². The van der Waals surface area contributed by atoms with Crippen molar-refractivity contribution in [1.29, 1.82) is 0 Å². The Labute approximate surface area is 145 Å². The summed E-state index contributed by atoms with van der Waals surface area (Å²) in [5.74, 6) is 1.53. The van der Waals surface area contributed by atoms with Crippen LogP contribution >= 0.6 is 0 Å². The molecule has 7 nitrogen and oxygen atoms in total. The van der Waals surface area contributed by atoms with E-state index in [0.717, 1.165) is 24.6 Å². The molecule has 4 rings (SSSR count). The molecule has 0 aromatic carbocycles. The first-order valence-electron chi connectivity index (χ1n) is 8.28. The first kappa shape index (κ1) is 15.4. The molecule has 25 heavy (non-hydrogen) atoms. The maximum absolute atomic E-state index is 13.0. The molecule has 1 N–H and O–H groups in total. The average molecular weight is 337 g/mol. The van der Waals surface area contributed by atoms with Gasteiger partial charge in [0.25, 0.3) is 5.91 Å². The van der Waals surface area contributed by atoms with Crippen molar-refractivity contribution >= 4 is 11.7 Å². The van der Waals surface area contributed by atoms with Crippen molar-refractivity contribution < 1.29 is 9.21 Å². The van der Waals surface area contributed by atoms with Gasteiger partial charge >= 0.3 is 0 Å². The Balaban J connectivity index is 1.51. The zero-order valence-corrected chi connectivity index (χ0v) is 14.0. The quantitative estimate of drug-likeness (QED) is 0.794. The van der Waals surface area contributed by atoms with Gasteiger partial charge in [-0.3, -0.25) is 9.89 Å². The van der Waals surface area contributed by atoms with E-state index in [2.05, 4.69) is 20.1 Å². The lowest BCUT2D eigenvalue weighted by atomic mass is 10.1. The number of piperazine rings is 1. The normalized spacial score (nSPS) is 14.8. The first-order valence-corrected chi connectivity index (χ1v) is 8.28. The fourth-order valence-corrected chi connectivity index (χ4v) is 3.12. The summed E-state index contributed by atoms with van der Waals surface area (Å²) in [5.41, 5.74) is 1.91. The summed E-state index contributed by atoms with van der Waals surface area (Å²) in [5, 5.41) is 7.15. The molecule has 7 heteroatoms. The molecule has 0 unspecified atom stereocenters. The van der Waals surface area contributed by atoms with Crippen LogP contribution in [0.4, 0.5) is 5.82 Å². The zero-order chi connectivity index (χ0) is 17.2. The number of anilines is 1. The Hall–Kier alpha value is -3.09. The van der Waals surface area contributed by atoms with Crippen LogP contribution in [-0.4, -0.2) is 52.2 Å². The van der Waals surface area contributed by atoms with E-state index in [1.807, 2.05) is 36.1 Å². The molecule has 0 atom stereocenters. The Kier molecular flexibility index (Phi) is 3.97. The minimum absolute atomic E-state index is 0.0154. The van der Waals surface area contributed by atoms with E-state index in [1.165, 1.54) is 0 Å². The van der Waals surface area contributed by atoms with E-state index in [9.17, 15) is 4.79 Å². The Bertz CT molecular complexity index is 849. The first-order chi connectivity index (χ1) is 12.2. The molecular formula is C18H19N5O2. The highest BCUT2D eigenvalue weighted by Gasteiger charge is 2.28. The standard InChI is InChI=1S/C18H19N5O2/c1-13-16(17(21-20-13)14-5-4-12-25-14)18(24)23-10-8-22(9-11-23)15-6-2-3-7-19-15/h2-7,12H,8-11H2,1H3,(H,20,21). The topological polar surface area (TPSA) is 78.3 Å². The minimum Gasteiger partial charge on any atom is -0.463 e. The van der Waals surface area contributed by atoms with Crippen LogP contribution < -0.4 is 4.90 Å². The van der Waals surface area contributed by atoms with Crippen molar-refractivity contribution in [2.75, 3.05) is 31.1 Å². The Morgan fingerprint density at radius 2 is 2.00 bits per heavy atom. The summed E-state index contributed by atoms with van der Waals surface area (Å²) in [6.07, 6.45) is 3.37. The number of aromatic amines is 1. The van der Waals surface area contributed by atoms with E-state index in [0.29, 0.717) is 30.1 Å². The van der Waals surface area contributed by atoms with Gasteiger partial charge in [-0.05, 0) is 31.2 Å². The molecule has 1 aliphatic heterocycles. The van der Waals surface area contributed by atoms with Crippen LogP contribution in [0.1, 0.15) is 16.1 Å². The number of aromatic nitrogens is 3. The number of carbonyl (C=O) groups excluding carboxylic acids is 1. The largest absolute Gasteiger partial charge is 0.463 e. The van der Waals surface area contributed by atoms with Gasteiger partial charge in [-0.25, -0.2) is 4.98 Å². The van der Waals surface area contributed by atoms with Crippen LogP contribution in [0.5, 0.6) is 0 Å². The molecule has 0 saturated carbocycles. The number of carbonyl (C=O) groups is 1. The van der Waals surface area contributed by atoms with Crippen molar-refractivity contribution in [3.05, 3.63) is 54.0 Å². The summed E-state index contributed by atoms with van der Waals surface area (Å²) >= 11 is 0. The van der Waals surface area contributed by atoms with Crippen molar-refractivity contribution in [2.24, 2.45) is 0 Å². The van der Waals surface area contributed by atoms with Gasteiger partial charge in [-0.2, -0.15) is 5.10 Å². The van der Waals surface area contributed by atoms with Crippen LogP contribution in [0.15, 0.2) is 47.2 Å². The van der Waals surface area contributed by atoms with Gasteiger partial charge in [0, 0.05) is 38.1 Å². The molecule has 3 aromatic heterocycles. The Morgan fingerprint density at radius 3 is 2.68 bits per heavy atom. The minimum atomic E-state index is -0.0154. The third kappa shape index (κ3) is 2.88. The van der Waals surface area contributed by atoms with Crippen LogP contribution in [-0.2, 0) is 0 Å². The highest BCUT2D eigenvalue weighted by atomic mass is 16.3. The van der Waals surface area contributed by atoms with Crippen molar-refractivity contribution in [3.8, 4) is 11.5 Å². The lowest BCUT2D eigenvalue weighted by Crippen LogP contribution is -2.49. The lowest BCUT2D eigenvalue weighted by Gasteiger charge is -2.35. The molecule has 0 spiro atoms. The van der Waals surface area contributed by atoms with Crippen molar-refractivity contribution in [2.45, 2.75) is 6.92 Å². The molecule has 1 saturated heterocycles. The summed E-state index contributed by atoms with van der Waals surface area (Å²) in [7, 11) is 0. The van der Waals surface area contributed by atoms with Crippen LogP contribution in [0.2, 0.25) is 0 Å². The summed E-state index contributed by atoms with van der Waals surface area (Å²) in [6.45, 7) is 4.68.